The number of fused-ring (bicyclic) bond motifs is 1. The van der Waals surface area contributed by atoms with Crippen LogP contribution in [-0.4, -0.2) is 18.7 Å². The number of rotatable bonds is 2. The van der Waals surface area contributed by atoms with Crippen LogP contribution < -0.4 is 10.1 Å². The van der Waals surface area contributed by atoms with Crippen molar-refractivity contribution in [2.45, 2.75) is 45.1 Å². The third kappa shape index (κ3) is 2.54. The van der Waals surface area contributed by atoms with Crippen LogP contribution in [0.4, 0.5) is 0 Å². The van der Waals surface area contributed by atoms with Crippen LogP contribution in [0.2, 0.25) is 0 Å². The van der Waals surface area contributed by atoms with E-state index in [-0.39, 0.29) is 5.60 Å². The Balaban J connectivity index is 1.71. The minimum atomic E-state index is -0.0205. The molecule has 2 heterocycles. The van der Waals surface area contributed by atoms with Crippen LogP contribution in [0.15, 0.2) is 18.2 Å². The van der Waals surface area contributed by atoms with E-state index in [1.54, 1.807) is 0 Å². The quantitative estimate of drug-likeness (QED) is 0.865. The van der Waals surface area contributed by atoms with Gasteiger partial charge in [0, 0.05) is 6.42 Å². The van der Waals surface area contributed by atoms with Crippen molar-refractivity contribution < 1.29 is 4.74 Å². The van der Waals surface area contributed by atoms with Crippen molar-refractivity contribution in [2.75, 3.05) is 13.1 Å². The van der Waals surface area contributed by atoms with Gasteiger partial charge in [0.1, 0.15) is 11.4 Å². The second-order valence-electron chi connectivity index (χ2n) is 6.40. The van der Waals surface area contributed by atoms with Gasteiger partial charge in [-0.25, -0.2) is 0 Å². The lowest BCUT2D eigenvalue weighted by molar-refractivity contribution is 0.138. The summed E-state index contributed by atoms with van der Waals surface area (Å²) >= 11 is 0. The van der Waals surface area contributed by atoms with Gasteiger partial charge in [-0.2, -0.15) is 0 Å². The average molecular weight is 245 g/mol. The van der Waals surface area contributed by atoms with Gasteiger partial charge in [-0.1, -0.05) is 12.1 Å². The molecule has 2 aliphatic rings. The summed E-state index contributed by atoms with van der Waals surface area (Å²) in [4.78, 5) is 0. The first-order valence-electron chi connectivity index (χ1n) is 7.14. The van der Waals surface area contributed by atoms with Gasteiger partial charge in [-0.3, -0.25) is 0 Å². The van der Waals surface area contributed by atoms with Crippen molar-refractivity contribution >= 4 is 0 Å². The fourth-order valence-electron chi connectivity index (χ4n) is 3.22. The van der Waals surface area contributed by atoms with E-state index >= 15 is 0 Å². The number of nitrogens with one attached hydrogen (secondary N) is 1. The Kier molecular flexibility index (Phi) is 3.06. The number of benzene rings is 1. The maximum absolute atomic E-state index is 5.93. The van der Waals surface area contributed by atoms with Gasteiger partial charge >= 0.3 is 0 Å². The fraction of sp³-hybridized carbons (Fsp3) is 0.625. The summed E-state index contributed by atoms with van der Waals surface area (Å²) in [6.45, 7) is 6.71. The SMILES string of the molecule is CC1(C)Cc2cc(CC3CCCNC3)ccc2O1. The van der Waals surface area contributed by atoms with E-state index in [9.17, 15) is 0 Å². The van der Waals surface area contributed by atoms with Crippen molar-refractivity contribution in [1.29, 1.82) is 0 Å². The number of hydrogen-bond donors (Lipinski definition) is 1. The first-order valence-corrected chi connectivity index (χ1v) is 7.14. The summed E-state index contributed by atoms with van der Waals surface area (Å²) in [5, 5.41) is 3.50. The van der Waals surface area contributed by atoms with Crippen molar-refractivity contribution in [2.24, 2.45) is 5.92 Å². The van der Waals surface area contributed by atoms with Crippen LogP contribution in [0.3, 0.4) is 0 Å². The zero-order valence-corrected chi connectivity index (χ0v) is 11.5. The van der Waals surface area contributed by atoms with Gasteiger partial charge in [0.05, 0.1) is 0 Å². The minimum absolute atomic E-state index is 0.0205. The van der Waals surface area contributed by atoms with E-state index in [2.05, 4.69) is 37.4 Å². The summed E-state index contributed by atoms with van der Waals surface area (Å²) in [6.07, 6.45) is 4.94. The predicted octanol–water partition coefficient (Wildman–Crippen LogP) is 2.94. The highest BCUT2D eigenvalue weighted by Crippen LogP contribution is 2.35. The van der Waals surface area contributed by atoms with Gasteiger partial charge in [-0.05, 0) is 69.3 Å². The molecule has 1 atom stereocenters. The first kappa shape index (κ1) is 12.0. The highest BCUT2D eigenvalue weighted by atomic mass is 16.5. The van der Waals surface area contributed by atoms with Crippen LogP contribution in [0.5, 0.6) is 5.75 Å². The van der Waals surface area contributed by atoms with Crippen LogP contribution >= 0.6 is 0 Å². The van der Waals surface area contributed by atoms with E-state index in [0.29, 0.717) is 0 Å². The molecule has 2 aliphatic heterocycles. The van der Waals surface area contributed by atoms with Crippen LogP contribution in [-0.2, 0) is 12.8 Å². The maximum Gasteiger partial charge on any atom is 0.123 e. The Labute approximate surface area is 110 Å². The largest absolute Gasteiger partial charge is 0.487 e. The molecule has 1 N–H and O–H groups in total. The van der Waals surface area contributed by atoms with Gasteiger partial charge in [0.2, 0.25) is 0 Å². The zero-order valence-electron chi connectivity index (χ0n) is 11.5. The first-order chi connectivity index (χ1) is 8.62. The molecule has 98 valence electrons. The van der Waals surface area contributed by atoms with Gasteiger partial charge < -0.3 is 10.1 Å². The second kappa shape index (κ2) is 4.58. The Hall–Kier alpha value is -1.02. The molecule has 1 fully saturated rings. The monoisotopic (exact) mass is 245 g/mol. The highest BCUT2D eigenvalue weighted by Gasteiger charge is 2.30. The number of hydrogen-bond acceptors (Lipinski definition) is 2. The molecule has 3 rings (SSSR count). The molecule has 0 spiro atoms. The van der Waals surface area contributed by atoms with Gasteiger partial charge in [0.15, 0.2) is 0 Å². The van der Waals surface area contributed by atoms with Crippen molar-refractivity contribution in [1.82, 2.24) is 5.32 Å². The Morgan fingerprint density at radius 2 is 2.28 bits per heavy atom. The van der Waals surface area contributed by atoms with Gasteiger partial charge in [-0.15, -0.1) is 0 Å². The topological polar surface area (TPSA) is 21.3 Å². The molecule has 1 saturated heterocycles. The van der Waals surface area contributed by atoms with Crippen LogP contribution in [0.1, 0.15) is 37.8 Å². The molecule has 2 heteroatoms. The van der Waals surface area contributed by atoms with Crippen molar-refractivity contribution in [3.63, 3.8) is 0 Å². The summed E-state index contributed by atoms with van der Waals surface area (Å²) in [6, 6.07) is 6.77. The lowest BCUT2D eigenvalue weighted by Gasteiger charge is -2.22. The Morgan fingerprint density at radius 1 is 1.39 bits per heavy atom. The smallest absolute Gasteiger partial charge is 0.123 e. The van der Waals surface area contributed by atoms with Crippen molar-refractivity contribution in [3.8, 4) is 5.75 Å². The second-order valence-corrected chi connectivity index (χ2v) is 6.40. The minimum Gasteiger partial charge on any atom is -0.487 e. The summed E-state index contributed by atoms with van der Waals surface area (Å²) in [5.41, 5.74) is 2.85. The molecule has 1 unspecified atom stereocenters. The van der Waals surface area contributed by atoms with E-state index in [1.807, 2.05) is 0 Å². The molecule has 0 aromatic heterocycles. The number of ether oxygens (including phenoxy) is 1. The molecular weight excluding hydrogens is 222 g/mol. The standard InChI is InChI=1S/C16H23NO/c1-16(2)10-14-9-12(5-6-15(14)18-16)8-13-4-3-7-17-11-13/h5-6,9,13,17H,3-4,7-8,10-11H2,1-2H3. The van der Waals surface area contributed by atoms with Crippen LogP contribution in [0, 0.1) is 5.92 Å². The maximum atomic E-state index is 5.93. The molecule has 1 aromatic carbocycles. The molecule has 1 aromatic rings. The molecule has 0 bridgehead atoms. The highest BCUT2D eigenvalue weighted by molar-refractivity contribution is 5.42. The molecule has 0 amide bonds. The molecular formula is C16H23NO. The third-order valence-corrected chi connectivity index (χ3v) is 4.05. The Morgan fingerprint density at radius 3 is 3.06 bits per heavy atom. The van der Waals surface area contributed by atoms with Gasteiger partial charge in [0.25, 0.3) is 0 Å². The summed E-state index contributed by atoms with van der Waals surface area (Å²) in [7, 11) is 0. The van der Waals surface area contributed by atoms with E-state index in [1.165, 1.54) is 43.5 Å². The molecule has 0 saturated carbocycles. The number of piperidine rings is 1. The van der Waals surface area contributed by atoms with E-state index < -0.39 is 0 Å². The molecule has 2 nitrogen and oxygen atoms in total. The van der Waals surface area contributed by atoms with E-state index in [4.69, 9.17) is 4.74 Å². The fourth-order valence-corrected chi connectivity index (χ4v) is 3.22. The average Bonchev–Trinajstić information content (AvgIpc) is 2.63. The molecule has 18 heavy (non-hydrogen) atoms. The summed E-state index contributed by atoms with van der Waals surface area (Å²) < 4.78 is 5.93. The molecule has 0 aliphatic carbocycles. The Bertz CT molecular complexity index is 433. The molecule has 0 radical (unpaired) electrons. The lowest BCUT2D eigenvalue weighted by atomic mass is 9.91. The van der Waals surface area contributed by atoms with Crippen LogP contribution in [0.25, 0.3) is 0 Å². The lowest BCUT2D eigenvalue weighted by Crippen LogP contribution is -2.30. The zero-order chi connectivity index (χ0) is 12.6. The summed E-state index contributed by atoms with van der Waals surface area (Å²) in [5.74, 6) is 1.90. The van der Waals surface area contributed by atoms with E-state index in [0.717, 1.165) is 18.1 Å². The van der Waals surface area contributed by atoms with Crippen molar-refractivity contribution in [3.05, 3.63) is 29.3 Å². The predicted molar refractivity (Wildman–Crippen MR) is 74.2 cm³/mol. The third-order valence-electron chi connectivity index (χ3n) is 4.05. The normalized spacial score (nSPS) is 25.6.